The van der Waals surface area contributed by atoms with Crippen LogP contribution in [0, 0.1) is 5.92 Å². The maximum absolute atomic E-state index is 6.29. The first-order valence-electron chi connectivity index (χ1n) is 10.7. The number of rotatable bonds is 4. The SMILES string of the molecule is Nc1c(Cl)cc(-c2nnc(C3CCN(CC4CCOCC4)CC3)o2)c2c1OCCO2. The molecule has 2 N–H and O–H groups in total. The van der Waals surface area contributed by atoms with Crippen molar-refractivity contribution in [1.29, 1.82) is 0 Å². The van der Waals surface area contributed by atoms with Gasteiger partial charge in [0, 0.05) is 25.7 Å². The van der Waals surface area contributed by atoms with Crippen molar-refractivity contribution in [2.75, 3.05) is 51.8 Å². The van der Waals surface area contributed by atoms with Crippen molar-refractivity contribution in [3.8, 4) is 23.0 Å². The number of aromatic nitrogens is 2. The second kappa shape index (κ2) is 8.61. The van der Waals surface area contributed by atoms with Crippen LogP contribution in [0.5, 0.6) is 11.5 Å². The van der Waals surface area contributed by atoms with Gasteiger partial charge in [-0.2, -0.15) is 0 Å². The lowest BCUT2D eigenvalue weighted by molar-refractivity contribution is 0.0483. The molecule has 4 heterocycles. The number of halogens is 1. The second-order valence-electron chi connectivity index (χ2n) is 8.25. The third-order valence-corrected chi connectivity index (χ3v) is 6.58. The Morgan fingerprint density at radius 1 is 1.00 bits per heavy atom. The highest BCUT2D eigenvalue weighted by atomic mass is 35.5. The molecule has 2 saturated heterocycles. The predicted octanol–water partition coefficient (Wildman–Crippen LogP) is 3.35. The molecule has 2 aromatic rings. The van der Waals surface area contributed by atoms with E-state index in [-0.39, 0.29) is 5.92 Å². The van der Waals surface area contributed by atoms with Gasteiger partial charge in [-0.1, -0.05) is 11.6 Å². The largest absolute Gasteiger partial charge is 0.485 e. The minimum atomic E-state index is 0.273. The van der Waals surface area contributed by atoms with E-state index >= 15 is 0 Å². The number of nitrogens with two attached hydrogens (primary N) is 1. The Balaban J connectivity index is 1.27. The van der Waals surface area contributed by atoms with Crippen LogP contribution in [0.4, 0.5) is 5.69 Å². The molecule has 0 unspecified atom stereocenters. The van der Waals surface area contributed by atoms with Crippen LogP contribution in [0.15, 0.2) is 10.5 Å². The second-order valence-corrected chi connectivity index (χ2v) is 8.66. The first-order chi connectivity index (χ1) is 14.7. The molecule has 0 radical (unpaired) electrons. The van der Waals surface area contributed by atoms with Gasteiger partial charge in [0.2, 0.25) is 5.89 Å². The zero-order valence-electron chi connectivity index (χ0n) is 16.9. The maximum atomic E-state index is 6.29. The average Bonchev–Trinajstić information content (AvgIpc) is 3.28. The predicted molar refractivity (Wildman–Crippen MR) is 112 cm³/mol. The van der Waals surface area contributed by atoms with Crippen LogP contribution in [-0.2, 0) is 4.74 Å². The van der Waals surface area contributed by atoms with Gasteiger partial charge in [0.15, 0.2) is 11.5 Å². The van der Waals surface area contributed by atoms with Gasteiger partial charge in [0.25, 0.3) is 5.89 Å². The third-order valence-electron chi connectivity index (χ3n) is 6.27. The van der Waals surface area contributed by atoms with Crippen LogP contribution in [0.2, 0.25) is 5.02 Å². The van der Waals surface area contributed by atoms with Gasteiger partial charge in [0.05, 0.1) is 16.3 Å². The van der Waals surface area contributed by atoms with E-state index < -0.39 is 0 Å². The molecular weight excluding hydrogens is 408 g/mol. The summed E-state index contributed by atoms with van der Waals surface area (Å²) in [5.41, 5.74) is 7.03. The van der Waals surface area contributed by atoms with Gasteiger partial charge in [-0.3, -0.25) is 0 Å². The first-order valence-corrected chi connectivity index (χ1v) is 11.1. The molecule has 3 aliphatic heterocycles. The Morgan fingerprint density at radius 3 is 2.50 bits per heavy atom. The van der Waals surface area contributed by atoms with Crippen molar-refractivity contribution < 1.29 is 18.6 Å². The van der Waals surface area contributed by atoms with E-state index in [1.54, 1.807) is 6.07 Å². The fraction of sp³-hybridized carbons (Fsp3) is 0.619. The number of nitrogens with zero attached hydrogens (tertiary/aromatic N) is 3. The average molecular weight is 435 g/mol. The zero-order valence-corrected chi connectivity index (χ0v) is 17.7. The molecule has 9 heteroatoms. The fourth-order valence-corrected chi connectivity index (χ4v) is 4.72. The molecule has 8 nitrogen and oxygen atoms in total. The molecule has 0 spiro atoms. The zero-order chi connectivity index (χ0) is 20.5. The number of benzene rings is 1. The molecule has 0 bridgehead atoms. The minimum Gasteiger partial charge on any atom is -0.485 e. The minimum absolute atomic E-state index is 0.273. The summed E-state index contributed by atoms with van der Waals surface area (Å²) in [6.45, 7) is 5.95. The Labute approximate surface area is 180 Å². The quantitative estimate of drug-likeness (QED) is 0.732. The maximum Gasteiger partial charge on any atom is 0.251 e. The number of anilines is 1. The smallest absolute Gasteiger partial charge is 0.251 e. The van der Waals surface area contributed by atoms with Crippen molar-refractivity contribution in [2.24, 2.45) is 5.92 Å². The lowest BCUT2D eigenvalue weighted by Gasteiger charge is -2.34. The number of hydrogen-bond acceptors (Lipinski definition) is 8. The van der Waals surface area contributed by atoms with E-state index in [1.807, 2.05) is 0 Å². The molecule has 3 aliphatic rings. The summed E-state index contributed by atoms with van der Waals surface area (Å²) in [6.07, 6.45) is 4.39. The Morgan fingerprint density at radius 2 is 1.73 bits per heavy atom. The van der Waals surface area contributed by atoms with Crippen molar-refractivity contribution >= 4 is 17.3 Å². The third kappa shape index (κ3) is 3.96. The molecular formula is C21H27ClN4O4. The molecule has 0 amide bonds. The summed E-state index contributed by atoms with van der Waals surface area (Å²) in [6, 6.07) is 1.71. The lowest BCUT2D eigenvalue weighted by Crippen LogP contribution is -2.38. The van der Waals surface area contributed by atoms with E-state index in [2.05, 4.69) is 15.1 Å². The van der Waals surface area contributed by atoms with Gasteiger partial charge in [-0.25, -0.2) is 0 Å². The van der Waals surface area contributed by atoms with E-state index in [1.165, 1.54) is 19.4 Å². The summed E-state index contributed by atoms with van der Waals surface area (Å²) in [7, 11) is 0. The molecule has 162 valence electrons. The van der Waals surface area contributed by atoms with Gasteiger partial charge in [-0.05, 0) is 50.8 Å². The topological polar surface area (TPSA) is 95.9 Å². The summed E-state index contributed by atoms with van der Waals surface area (Å²) < 4.78 is 23.0. The summed E-state index contributed by atoms with van der Waals surface area (Å²) in [5.74, 6) is 3.06. The number of fused-ring (bicyclic) bond motifs is 1. The molecule has 2 fully saturated rings. The van der Waals surface area contributed by atoms with E-state index in [4.69, 9.17) is 36.0 Å². The van der Waals surface area contributed by atoms with Crippen LogP contribution < -0.4 is 15.2 Å². The van der Waals surface area contributed by atoms with E-state index in [0.717, 1.165) is 45.1 Å². The molecule has 1 aromatic heterocycles. The summed E-state index contributed by atoms with van der Waals surface area (Å²) >= 11 is 6.29. The van der Waals surface area contributed by atoms with Crippen LogP contribution in [0.25, 0.3) is 11.5 Å². The Hall–Kier alpha value is -2.03. The molecule has 0 aliphatic carbocycles. The number of ether oxygens (including phenoxy) is 3. The van der Waals surface area contributed by atoms with Crippen molar-refractivity contribution in [1.82, 2.24) is 15.1 Å². The summed E-state index contributed by atoms with van der Waals surface area (Å²) in [4.78, 5) is 2.56. The van der Waals surface area contributed by atoms with Crippen LogP contribution >= 0.6 is 11.6 Å². The highest BCUT2D eigenvalue weighted by molar-refractivity contribution is 6.34. The molecule has 1 aromatic carbocycles. The molecule has 5 rings (SSSR count). The number of nitrogen functional groups attached to an aromatic ring is 1. The monoisotopic (exact) mass is 434 g/mol. The van der Waals surface area contributed by atoms with Crippen molar-refractivity contribution in [2.45, 2.75) is 31.6 Å². The molecule has 0 atom stereocenters. The van der Waals surface area contributed by atoms with Crippen molar-refractivity contribution in [3.63, 3.8) is 0 Å². The molecule has 0 saturated carbocycles. The molecule has 30 heavy (non-hydrogen) atoms. The van der Waals surface area contributed by atoms with E-state index in [9.17, 15) is 0 Å². The highest BCUT2D eigenvalue weighted by Gasteiger charge is 2.29. The Bertz CT molecular complexity index is 891. The fourth-order valence-electron chi connectivity index (χ4n) is 4.52. The Kier molecular flexibility index (Phi) is 5.71. The van der Waals surface area contributed by atoms with Crippen LogP contribution in [-0.4, -0.2) is 61.2 Å². The van der Waals surface area contributed by atoms with Gasteiger partial charge < -0.3 is 29.3 Å². The number of piperidine rings is 1. The standard InChI is InChI=1S/C21H27ClN4O4/c22-16-11-15(18-19(17(16)23)29-10-9-28-18)21-25-24-20(30-21)14-1-5-26(6-2-14)12-13-3-7-27-8-4-13/h11,13-14H,1-10,12,23H2. The van der Waals surface area contributed by atoms with Crippen LogP contribution in [0.1, 0.15) is 37.5 Å². The van der Waals surface area contributed by atoms with E-state index in [0.29, 0.717) is 52.8 Å². The first kappa shape index (κ1) is 19.9. The summed E-state index contributed by atoms with van der Waals surface area (Å²) in [5, 5.41) is 8.99. The van der Waals surface area contributed by atoms with Crippen molar-refractivity contribution in [3.05, 3.63) is 17.0 Å². The van der Waals surface area contributed by atoms with Gasteiger partial charge >= 0.3 is 0 Å². The number of hydrogen-bond donors (Lipinski definition) is 1. The number of likely N-dealkylation sites (tertiary alicyclic amines) is 1. The van der Waals surface area contributed by atoms with Gasteiger partial charge in [0.1, 0.15) is 13.2 Å². The van der Waals surface area contributed by atoms with Crippen LogP contribution in [0.3, 0.4) is 0 Å². The van der Waals surface area contributed by atoms with Gasteiger partial charge in [-0.15, -0.1) is 10.2 Å². The normalized spacial score (nSPS) is 21.1. The highest BCUT2D eigenvalue weighted by Crippen LogP contribution is 2.47. The lowest BCUT2D eigenvalue weighted by atomic mass is 9.94.